The molecule has 0 aliphatic heterocycles. The molecule has 3 aromatic rings. The van der Waals surface area contributed by atoms with Crippen LogP contribution >= 0.6 is 0 Å². The average Bonchev–Trinajstić information content (AvgIpc) is 3.09. The maximum absolute atomic E-state index is 12.9. The van der Waals surface area contributed by atoms with E-state index in [4.69, 9.17) is 10.1 Å². The monoisotopic (exact) mass is 370 g/mol. The normalized spacial score (nSPS) is 13.0. The molecule has 136 valence electrons. The zero-order chi connectivity index (χ0) is 18.7. The van der Waals surface area contributed by atoms with Crippen molar-refractivity contribution < 1.29 is 13.2 Å². The molecule has 0 bridgehead atoms. The molecule has 1 N–H and O–H groups in total. The molecule has 1 atom stereocenters. The molecule has 26 heavy (non-hydrogen) atoms. The molecule has 3 rings (SSSR count). The molecule has 6 heteroatoms. The molecule has 0 radical (unpaired) electrons. The van der Waals surface area contributed by atoms with Gasteiger partial charge in [0, 0.05) is 30.8 Å². The molecule has 0 aliphatic rings. The Balaban J connectivity index is 2.03. The number of methoxy groups -OCH3 is 1. The van der Waals surface area contributed by atoms with Crippen molar-refractivity contribution in [3.05, 3.63) is 66.4 Å². The lowest BCUT2D eigenvalue weighted by Gasteiger charge is -2.15. The van der Waals surface area contributed by atoms with Crippen LogP contribution in [0.1, 0.15) is 18.9 Å². The Morgan fingerprint density at radius 2 is 1.85 bits per heavy atom. The molecule has 0 unspecified atom stereocenters. The predicted octanol–water partition coefficient (Wildman–Crippen LogP) is 3.87. The minimum absolute atomic E-state index is 0.222. The fraction of sp³-hybridized carbons (Fsp3) is 0.250. The Morgan fingerprint density at radius 3 is 2.50 bits per heavy atom. The lowest BCUT2D eigenvalue weighted by molar-refractivity contribution is 0.151. The molecule has 0 saturated heterocycles. The number of benzene rings is 2. The number of hydrogen-bond acceptors (Lipinski definition) is 4. The number of hydrogen-bond donors (Lipinski definition) is 1. The Labute approximate surface area is 153 Å². The average molecular weight is 370 g/mol. The van der Waals surface area contributed by atoms with Gasteiger partial charge in [-0.1, -0.05) is 37.3 Å². The van der Waals surface area contributed by atoms with E-state index < -0.39 is 10.0 Å². The molecule has 1 heterocycles. The highest BCUT2D eigenvalue weighted by Gasteiger charge is 2.20. The molecule has 0 amide bonds. The van der Waals surface area contributed by atoms with Gasteiger partial charge in [-0.05, 0) is 36.2 Å². The van der Waals surface area contributed by atoms with E-state index in [1.807, 2.05) is 19.1 Å². The zero-order valence-electron chi connectivity index (χ0n) is 14.8. The molecule has 5 nitrogen and oxygen atoms in total. The van der Waals surface area contributed by atoms with Crippen molar-refractivity contribution in [3.63, 3.8) is 0 Å². The Morgan fingerprint density at radius 1 is 1.12 bits per heavy atom. The summed E-state index contributed by atoms with van der Waals surface area (Å²) in [5.41, 5.74) is 2.02. The molecule has 0 spiro atoms. The first-order chi connectivity index (χ1) is 12.5. The van der Waals surface area contributed by atoms with Gasteiger partial charge in [0.1, 0.15) is 0 Å². The lowest BCUT2D eigenvalue weighted by Crippen LogP contribution is -2.23. The summed E-state index contributed by atoms with van der Waals surface area (Å²) in [6.45, 7) is 1.98. The minimum Gasteiger partial charge on any atom is -0.376 e. The third kappa shape index (κ3) is 3.30. The molecule has 1 aromatic heterocycles. The number of ether oxygens (including phenoxy) is 1. The number of fused-ring (bicyclic) bond motifs is 1. The van der Waals surface area contributed by atoms with Crippen LogP contribution < -0.4 is 0 Å². The summed E-state index contributed by atoms with van der Waals surface area (Å²) in [6.07, 6.45) is 2.52. The molecular formula is C20H22N2O3S. The summed E-state index contributed by atoms with van der Waals surface area (Å²) in [6, 6.07) is 15.7. The second kappa shape index (κ2) is 7.43. The van der Waals surface area contributed by atoms with Gasteiger partial charge in [-0.15, -0.1) is 0 Å². The highest BCUT2D eigenvalue weighted by Crippen LogP contribution is 2.25. The molecular weight excluding hydrogens is 348 g/mol. The maximum atomic E-state index is 12.9. The van der Waals surface area contributed by atoms with Crippen molar-refractivity contribution >= 4 is 26.6 Å². The van der Waals surface area contributed by atoms with Crippen molar-refractivity contribution in [2.45, 2.75) is 30.8 Å². The summed E-state index contributed by atoms with van der Waals surface area (Å²) >= 11 is 0. The number of nitrogens with zero attached hydrogens (tertiary/aromatic N) is 1. The quantitative estimate of drug-likeness (QED) is 0.642. The Bertz CT molecular complexity index is 1020. The van der Waals surface area contributed by atoms with Gasteiger partial charge in [-0.25, -0.2) is 12.4 Å². The SMILES string of the molecule is CC[C@@H](OC)C(=N)Cc1cccc2c1ccn2S(=O)(=O)c1ccccc1. The van der Waals surface area contributed by atoms with Gasteiger partial charge >= 0.3 is 0 Å². The van der Waals surface area contributed by atoms with Crippen LogP contribution in [0, 0.1) is 5.41 Å². The van der Waals surface area contributed by atoms with Crippen molar-refractivity contribution in [2.75, 3.05) is 7.11 Å². The summed E-state index contributed by atoms with van der Waals surface area (Å²) in [5, 5.41) is 9.11. The number of aromatic nitrogens is 1. The largest absolute Gasteiger partial charge is 0.376 e. The summed E-state index contributed by atoms with van der Waals surface area (Å²) < 4.78 is 32.5. The van der Waals surface area contributed by atoms with Gasteiger partial charge in [0.05, 0.1) is 16.5 Å². The van der Waals surface area contributed by atoms with Gasteiger partial charge in [0.25, 0.3) is 10.0 Å². The fourth-order valence-corrected chi connectivity index (χ4v) is 4.52. The van der Waals surface area contributed by atoms with Crippen molar-refractivity contribution in [3.8, 4) is 0 Å². The lowest BCUT2D eigenvalue weighted by atomic mass is 10.0. The fourth-order valence-electron chi connectivity index (χ4n) is 3.15. The van der Waals surface area contributed by atoms with Crippen LogP contribution in [0.25, 0.3) is 10.9 Å². The van der Waals surface area contributed by atoms with E-state index in [-0.39, 0.29) is 11.0 Å². The highest BCUT2D eigenvalue weighted by molar-refractivity contribution is 7.90. The van der Waals surface area contributed by atoms with E-state index in [9.17, 15) is 8.42 Å². The van der Waals surface area contributed by atoms with E-state index >= 15 is 0 Å². The van der Waals surface area contributed by atoms with Crippen LogP contribution in [-0.4, -0.2) is 31.3 Å². The first-order valence-corrected chi connectivity index (χ1v) is 9.92. The van der Waals surface area contributed by atoms with Gasteiger partial charge < -0.3 is 10.1 Å². The Hall–Kier alpha value is -2.44. The Kier molecular flexibility index (Phi) is 5.25. The third-order valence-electron chi connectivity index (χ3n) is 4.51. The smallest absolute Gasteiger partial charge is 0.268 e. The van der Waals surface area contributed by atoms with Gasteiger partial charge in [0.15, 0.2) is 0 Å². The van der Waals surface area contributed by atoms with Crippen molar-refractivity contribution in [1.82, 2.24) is 3.97 Å². The molecule has 2 aromatic carbocycles. The van der Waals surface area contributed by atoms with Crippen LogP contribution in [0.2, 0.25) is 0 Å². The van der Waals surface area contributed by atoms with Crippen molar-refractivity contribution in [2.24, 2.45) is 0 Å². The zero-order valence-corrected chi connectivity index (χ0v) is 15.7. The van der Waals surface area contributed by atoms with Crippen LogP contribution in [-0.2, 0) is 21.2 Å². The van der Waals surface area contributed by atoms with Gasteiger partial charge in [-0.2, -0.15) is 0 Å². The maximum Gasteiger partial charge on any atom is 0.268 e. The number of rotatable bonds is 7. The van der Waals surface area contributed by atoms with Crippen LogP contribution in [0.3, 0.4) is 0 Å². The second-order valence-corrected chi connectivity index (χ2v) is 7.93. The predicted molar refractivity (Wildman–Crippen MR) is 103 cm³/mol. The second-order valence-electron chi connectivity index (χ2n) is 6.11. The van der Waals surface area contributed by atoms with E-state index in [0.717, 1.165) is 17.4 Å². The van der Waals surface area contributed by atoms with E-state index in [0.29, 0.717) is 17.6 Å². The van der Waals surface area contributed by atoms with Gasteiger partial charge in [0.2, 0.25) is 0 Å². The standard InChI is InChI=1S/C20H22N2O3S/c1-3-20(25-2)18(21)14-15-8-7-11-19-17(15)12-13-22(19)26(23,24)16-9-5-4-6-10-16/h4-13,20-21H,3,14H2,1-2H3/t20-/m1/s1. The van der Waals surface area contributed by atoms with E-state index in [1.54, 1.807) is 55.8 Å². The number of nitrogens with one attached hydrogen (secondary N) is 1. The molecule has 0 saturated carbocycles. The molecule has 0 aliphatic carbocycles. The van der Waals surface area contributed by atoms with E-state index in [1.165, 1.54) is 3.97 Å². The topological polar surface area (TPSA) is 72.2 Å². The van der Waals surface area contributed by atoms with Crippen LogP contribution in [0.5, 0.6) is 0 Å². The summed E-state index contributed by atoms with van der Waals surface area (Å²) in [7, 11) is -2.05. The van der Waals surface area contributed by atoms with E-state index in [2.05, 4.69) is 0 Å². The first-order valence-electron chi connectivity index (χ1n) is 8.48. The van der Waals surface area contributed by atoms with Gasteiger partial charge in [-0.3, -0.25) is 0 Å². The minimum atomic E-state index is -3.65. The third-order valence-corrected chi connectivity index (χ3v) is 6.22. The molecule has 0 fully saturated rings. The summed E-state index contributed by atoms with van der Waals surface area (Å²) in [5.74, 6) is 0. The first kappa shape index (κ1) is 18.4. The van der Waals surface area contributed by atoms with Crippen molar-refractivity contribution in [1.29, 1.82) is 5.41 Å². The van der Waals surface area contributed by atoms with Crippen LogP contribution in [0.4, 0.5) is 0 Å². The summed E-state index contributed by atoms with van der Waals surface area (Å²) in [4.78, 5) is 0.251. The van der Waals surface area contributed by atoms with Crippen LogP contribution in [0.15, 0.2) is 65.7 Å². The highest BCUT2D eigenvalue weighted by atomic mass is 32.2.